The molecule has 0 spiro atoms. The maximum Gasteiger partial charge on any atom is 0.136 e. The number of aryl methyl sites for hydroxylation is 3. The lowest BCUT2D eigenvalue weighted by atomic mass is 10.1. The minimum absolute atomic E-state index is 0.837. The van der Waals surface area contributed by atoms with Crippen molar-refractivity contribution in [2.45, 2.75) is 26.7 Å². The van der Waals surface area contributed by atoms with Crippen LogP contribution in [0.2, 0.25) is 0 Å². The molecule has 2 rings (SSSR count). The molecule has 0 fully saturated rings. The molecule has 0 bridgehead atoms. The van der Waals surface area contributed by atoms with Crippen molar-refractivity contribution in [2.24, 2.45) is 0 Å². The summed E-state index contributed by atoms with van der Waals surface area (Å²) in [4.78, 5) is 0. The first-order valence-electron chi connectivity index (χ1n) is 4.54. The molecule has 74 valence electrons. The molecule has 2 aromatic rings. The molecule has 0 amide bonds. The predicted octanol–water partition coefficient (Wildman–Crippen LogP) is 1.19. The Morgan fingerprint density at radius 1 is 1.36 bits per heavy atom. The molecule has 0 aliphatic heterocycles. The molecule has 0 aromatic carbocycles. The molecular weight excluding hydrogens is 180 g/mol. The summed E-state index contributed by atoms with van der Waals surface area (Å²) in [5.74, 6) is 0.889. The number of hydrogen-bond acceptors (Lipinski definition) is 4. The summed E-state index contributed by atoms with van der Waals surface area (Å²) in [6.07, 6.45) is 3.40. The van der Waals surface area contributed by atoms with E-state index in [1.165, 1.54) is 0 Å². The normalized spacial score (nSPS) is 10.7. The summed E-state index contributed by atoms with van der Waals surface area (Å²) >= 11 is 0. The van der Waals surface area contributed by atoms with Crippen molar-refractivity contribution in [3.63, 3.8) is 0 Å². The minimum atomic E-state index is 0.837. The summed E-state index contributed by atoms with van der Waals surface area (Å²) in [5.41, 5.74) is 3.09. The van der Waals surface area contributed by atoms with Crippen LogP contribution in [0.4, 0.5) is 0 Å². The van der Waals surface area contributed by atoms with Crippen LogP contribution in [0.25, 0.3) is 0 Å². The first kappa shape index (κ1) is 8.93. The van der Waals surface area contributed by atoms with Crippen LogP contribution in [-0.2, 0) is 12.8 Å². The number of rotatable bonds is 3. The zero-order valence-electron chi connectivity index (χ0n) is 8.24. The molecule has 5 nitrogen and oxygen atoms in total. The molecule has 14 heavy (non-hydrogen) atoms. The van der Waals surface area contributed by atoms with E-state index in [1.807, 2.05) is 13.8 Å². The molecule has 0 atom stereocenters. The minimum Gasteiger partial charge on any atom is -0.361 e. The molecule has 2 aromatic heterocycles. The van der Waals surface area contributed by atoms with Crippen LogP contribution in [0.15, 0.2) is 10.7 Å². The summed E-state index contributed by atoms with van der Waals surface area (Å²) in [5, 5.41) is 14.3. The third-order valence-corrected chi connectivity index (χ3v) is 2.34. The van der Waals surface area contributed by atoms with Gasteiger partial charge in [0.25, 0.3) is 0 Å². The molecule has 0 saturated heterocycles. The fourth-order valence-electron chi connectivity index (χ4n) is 1.29. The average Bonchev–Trinajstić information content (AvgIpc) is 2.77. The topological polar surface area (TPSA) is 67.6 Å². The molecule has 0 aliphatic rings. The summed E-state index contributed by atoms with van der Waals surface area (Å²) in [6.45, 7) is 3.94. The highest BCUT2D eigenvalue weighted by atomic mass is 16.5. The Labute approximate surface area is 81.5 Å². The number of nitrogens with zero attached hydrogens (tertiary/aromatic N) is 3. The van der Waals surface area contributed by atoms with Gasteiger partial charge in [0.1, 0.15) is 5.76 Å². The van der Waals surface area contributed by atoms with Crippen LogP contribution in [-0.4, -0.2) is 20.6 Å². The third kappa shape index (κ3) is 1.66. The highest BCUT2D eigenvalue weighted by molar-refractivity contribution is 5.20. The smallest absolute Gasteiger partial charge is 0.136 e. The number of aromatic nitrogens is 4. The second-order valence-corrected chi connectivity index (χ2v) is 3.27. The average molecular weight is 192 g/mol. The Morgan fingerprint density at radius 3 is 2.79 bits per heavy atom. The van der Waals surface area contributed by atoms with Gasteiger partial charge in [-0.05, 0) is 26.7 Å². The van der Waals surface area contributed by atoms with Gasteiger partial charge in [-0.3, -0.25) is 0 Å². The molecule has 0 aliphatic carbocycles. The van der Waals surface area contributed by atoms with E-state index in [4.69, 9.17) is 4.52 Å². The van der Waals surface area contributed by atoms with Gasteiger partial charge in [0.2, 0.25) is 0 Å². The Balaban J connectivity index is 2.02. The van der Waals surface area contributed by atoms with E-state index in [0.717, 1.165) is 35.6 Å². The van der Waals surface area contributed by atoms with E-state index in [2.05, 4.69) is 20.6 Å². The summed E-state index contributed by atoms with van der Waals surface area (Å²) in [6, 6.07) is 0. The van der Waals surface area contributed by atoms with Crippen molar-refractivity contribution in [1.82, 2.24) is 20.6 Å². The van der Waals surface area contributed by atoms with E-state index >= 15 is 0 Å². The lowest BCUT2D eigenvalue weighted by Gasteiger charge is -1.93. The monoisotopic (exact) mass is 192 g/mol. The molecule has 0 saturated carbocycles. The number of H-pyrrole nitrogens is 1. The van der Waals surface area contributed by atoms with Crippen molar-refractivity contribution >= 4 is 0 Å². The zero-order valence-corrected chi connectivity index (χ0v) is 8.24. The molecule has 1 N–H and O–H groups in total. The van der Waals surface area contributed by atoms with Crippen molar-refractivity contribution in [1.29, 1.82) is 0 Å². The van der Waals surface area contributed by atoms with Crippen LogP contribution in [0, 0.1) is 13.8 Å². The lowest BCUT2D eigenvalue weighted by molar-refractivity contribution is 0.390. The quantitative estimate of drug-likeness (QED) is 0.793. The lowest BCUT2D eigenvalue weighted by Crippen LogP contribution is -1.94. The molecule has 0 radical (unpaired) electrons. The Morgan fingerprint density at radius 2 is 2.21 bits per heavy atom. The third-order valence-electron chi connectivity index (χ3n) is 2.34. The van der Waals surface area contributed by atoms with Crippen LogP contribution >= 0.6 is 0 Å². The number of nitrogens with one attached hydrogen (secondary N) is 1. The first-order chi connectivity index (χ1) is 6.77. The predicted molar refractivity (Wildman–Crippen MR) is 49.8 cm³/mol. The van der Waals surface area contributed by atoms with Gasteiger partial charge in [-0.1, -0.05) is 5.16 Å². The van der Waals surface area contributed by atoms with Crippen LogP contribution < -0.4 is 0 Å². The fourth-order valence-corrected chi connectivity index (χ4v) is 1.29. The van der Waals surface area contributed by atoms with E-state index < -0.39 is 0 Å². The molecular formula is C9H12N4O. The van der Waals surface area contributed by atoms with Crippen LogP contribution in [0.1, 0.15) is 22.7 Å². The Hall–Kier alpha value is -1.65. The second-order valence-electron chi connectivity index (χ2n) is 3.27. The van der Waals surface area contributed by atoms with Gasteiger partial charge in [0.15, 0.2) is 0 Å². The van der Waals surface area contributed by atoms with E-state index in [9.17, 15) is 0 Å². The Bertz CT molecular complexity index is 404. The second kappa shape index (κ2) is 3.61. The van der Waals surface area contributed by atoms with Crippen LogP contribution in [0.5, 0.6) is 0 Å². The standard InChI is InChI=1S/C9H12N4O/c1-6-7(2)14-12-9(6)4-3-8-5-10-13-11-8/h5H,3-4H2,1-2H3,(H,10,11,13). The molecule has 0 unspecified atom stereocenters. The molecule has 5 heteroatoms. The summed E-state index contributed by atoms with van der Waals surface area (Å²) in [7, 11) is 0. The highest BCUT2D eigenvalue weighted by Crippen LogP contribution is 2.13. The van der Waals surface area contributed by atoms with Crippen molar-refractivity contribution in [3.8, 4) is 0 Å². The Kier molecular flexibility index (Phi) is 2.30. The first-order valence-corrected chi connectivity index (χ1v) is 4.54. The van der Waals surface area contributed by atoms with Gasteiger partial charge < -0.3 is 4.52 Å². The van der Waals surface area contributed by atoms with E-state index in [-0.39, 0.29) is 0 Å². The van der Waals surface area contributed by atoms with E-state index in [1.54, 1.807) is 6.20 Å². The van der Waals surface area contributed by atoms with Crippen molar-refractivity contribution in [2.75, 3.05) is 0 Å². The maximum atomic E-state index is 5.07. The van der Waals surface area contributed by atoms with Crippen molar-refractivity contribution < 1.29 is 4.52 Å². The van der Waals surface area contributed by atoms with Gasteiger partial charge in [-0.2, -0.15) is 15.4 Å². The van der Waals surface area contributed by atoms with Crippen molar-refractivity contribution in [3.05, 3.63) is 28.9 Å². The van der Waals surface area contributed by atoms with Crippen LogP contribution in [0.3, 0.4) is 0 Å². The SMILES string of the molecule is Cc1onc(CCc2cn[nH]n2)c1C. The molecule has 2 heterocycles. The van der Waals surface area contributed by atoms with Gasteiger partial charge in [-0.25, -0.2) is 0 Å². The largest absolute Gasteiger partial charge is 0.361 e. The number of hydrogen-bond donors (Lipinski definition) is 1. The van der Waals surface area contributed by atoms with Gasteiger partial charge in [0.05, 0.1) is 17.6 Å². The fraction of sp³-hybridized carbons (Fsp3) is 0.444. The van der Waals surface area contributed by atoms with E-state index in [0.29, 0.717) is 0 Å². The highest BCUT2D eigenvalue weighted by Gasteiger charge is 2.08. The van der Waals surface area contributed by atoms with Gasteiger partial charge in [0, 0.05) is 5.56 Å². The number of aromatic amines is 1. The summed E-state index contributed by atoms with van der Waals surface area (Å²) < 4.78 is 5.07. The van der Waals surface area contributed by atoms with Gasteiger partial charge in [-0.15, -0.1) is 0 Å². The zero-order chi connectivity index (χ0) is 9.97. The van der Waals surface area contributed by atoms with Gasteiger partial charge >= 0.3 is 0 Å². The maximum absolute atomic E-state index is 5.07.